The van der Waals surface area contributed by atoms with Crippen LogP contribution in [0.15, 0.2) is 41.1 Å². The predicted octanol–water partition coefficient (Wildman–Crippen LogP) is 3.86. The predicted molar refractivity (Wildman–Crippen MR) is 69.4 cm³/mol. The molecule has 0 aliphatic heterocycles. The van der Waals surface area contributed by atoms with Crippen LogP contribution >= 0.6 is 12.2 Å². The van der Waals surface area contributed by atoms with E-state index in [0.29, 0.717) is 4.84 Å². The van der Waals surface area contributed by atoms with Crippen LogP contribution in [0, 0.1) is 11.8 Å². The molecule has 1 aromatic carbocycles. The van der Waals surface area contributed by atoms with Crippen molar-refractivity contribution >= 4 is 23.3 Å². The summed E-state index contributed by atoms with van der Waals surface area (Å²) in [6.45, 7) is 2.06. The second-order valence-electron chi connectivity index (χ2n) is 3.92. The van der Waals surface area contributed by atoms with Crippen LogP contribution in [-0.2, 0) is 0 Å². The fraction of sp³-hybridized carbons (Fsp3) is 0.0769. The van der Waals surface area contributed by atoms with Gasteiger partial charge < -0.3 is 9.40 Å². The maximum absolute atomic E-state index is 5.41. The standard InChI is InChI=1S/C13H10N2OS/c1-8-4-5-14-7-10(8)9-2-3-11-12(6-9)16-13(17)15-11/h2-7H,1H3,(H,15,17). The van der Waals surface area contributed by atoms with Gasteiger partial charge in [-0.25, -0.2) is 0 Å². The topological polar surface area (TPSA) is 41.8 Å². The van der Waals surface area contributed by atoms with E-state index in [4.69, 9.17) is 16.6 Å². The molecule has 0 saturated carbocycles. The van der Waals surface area contributed by atoms with Gasteiger partial charge in [0.2, 0.25) is 0 Å². The zero-order valence-electron chi connectivity index (χ0n) is 9.23. The number of aryl methyl sites for hydroxylation is 1. The Bertz CT molecular complexity index is 742. The zero-order chi connectivity index (χ0) is 11.8. The molecule has 0 spiro atoms. The lowest BCUT2D eigenvalue weighted by atomic mass is 10.0. The molecule has 0 aliphatic rings. The van der Waals surface area contributed by atoms with E-state index < -0.39 is 0 Å². The van der Waals surface area contributed by atoms with Crippen molar-refractivity contribution in [3.8, 4) is 11.1 Å². The van der Waals surface area contributed by atoms with E-state index in [-0.39, 0.29) is 0 Å². The third-order valence-corrected chi connectivity index (χ3v) is 2.96. The molecule has 3 rings (SSSR count). The van der Waals surface area contributed by atoms with Gasteiger partial charge in [-0.3, -0.25) is 4.98 Å². The number of aromatic amines is 1. The van der Waals surface area contributed by atoms with Crippen LogP contribution in [0.5, 0.6) is 0 Å². The number of oxazole rings is 1. The zero-order valence-corrected chi connectivity index (χ0v) is 10.0. The lowest BCUT2D eigenvalue weighted by Crippen LogP contribution is -1.84. The summed E-state index contributed by atoms with van der Waals surface area (Å²) in [5, 5.41) is 0. The summed E-state index contributed by atoms with van der Waals surface area (Å²) in [4.78, 5) is 7.54. The molecule has 0 radical (unpaired) electrons. The molecule has 0 amide bonds. The molecule has 0 fully saturated rings. The lowest BCUT2D eigenvalue weighted by Gasteiger charge is -2.04. The van der Waals surface area contributed by atoms with Crippen molar-refractivity contribution in [2.45, 2.75) is 6.92 Å². The first kappa shape index (κ1) is 10.2. The number of fused-ring (bicyclic) bond motifs is 1. The lowest BCUT2D eigenvalue weighted by molar-refractivity contribution is 0.583. The van der Waals surface area contributed by atoms with Crippen LogP contribution in [0.1, 0.15) is 5.56 Å². The Hall–Kier alpha value is -1.94. The van der Waals surface area contributed by atoms with Gasteiger partial charge in [0.1, 0.15) is 0 Å². The van der Waals surface area contributed by atoms with Crippen molar-refractivity contribution in [1.29, 1.82) is 0 Å². The summed E-state index contributed by atoms with van der Waals surface area (Å²) < 4.78 is 5.41. The number of nitrogens with one attached hydrogen (secondary N) is 1. The average molecular weight is 242 g/mol. The van der Waals surface area contributed by atoms with E-state index in [1.165, 1.54) is 5.56 Å². The quantitative estimate of drug-likeness (QED) is 0.659. The Morgan fingerprint density at radius 2 is 2.18 bits per heavy atom. The second-order valence-corrected chi connectivity index (χ2v) is 4.29. The number of H-pyrrole nitrogens is 1. The number of hydrogen-bond acceptors (Lipinski definition) is 3. The van der Waals surface area contributed by atoms with Crippen molar-refractivity contribution in [2.75, 3.05) is 0 Å². The summed E-state index contributed by atoms with van der Waals surface area (Å²) in [7, 11) is 0. The van der Waals surface area contributed by atoms with Gasteiger partial charge in [0, 0.05) is 18.0 Å². The molecule has 17 heavy (non-hydrogen) atoms. The van der Waals surface area contributed by atoms with Crippen LogP contribution in [0.2, 0.25) is 0 Å². The first-order chi connectivity index (χ1) is 8.24. The first-order valence-electron chi connectivity index (χ1n) is 5.28. The summed E-state index contributed by atoms with van der Waals surface area (Å²) in [5.74, 6) is 0. The Labute approximate surface area is 103 Å². The minimum atomic E-state index is 0.403. The molecule has 1 N–H and O–H groups in total. The summed E-state index contributed by atoms with van der Waals surface area (Å²) >= 11 is 4.96. The largest absolute Gasteiger partial charge is 0.429 e. The van der Waals surface area contributed by atoms with Gasteiger partial charge in [-0.05, 0) is 48.5 Å². The molecule has 0 saturated heterocycles. The smallest absolute Gasteiger partial charge is 0.266 e. The Balaban J connectivity index is 2.24. The number of pyridine rings is 1. The molecule has 2 heterocycles. The van der Waals surface area contributed by atoms with E-state index in [1.807, 2.05) is 30.5 Å². The second kappa shape index (κ2) is 3.82. The van der Waals surface area contributed by atoms with Crippen LogP contribution in [0.25, 0.3) is 22.2 Å². The molecular weight excluding hydrogens is 232 g/mol. The Morgan fingerprint density at radius 3 is 3.00 bits per heavy atom. The van der Waals surface area contributed by atoms with Crippen LogP contribution < -0.4 is 0 Å². The van der Waals surface area contributed by atoms with Crippen molar-refractivity contribution in [1.82, 2.24) is 9.97 Å². The van der Waals surface area contributed by atoms with Gasteiger partial charge in [-0.15, -0.1) is 0 Å². The van der Waals surface area contributed by atoms with Gasteiger partial charge in [-0.2, -0.15) is 0 Å². The van der Waals surface area contributed by atoms with Gasteiger partial charge in [0.25, 0.3) is 4.84 Å². The maximum atomic E-state index is 5.41. The van der Waals surface area contributed by atoms with E-state index in [0.717, 1.165) is 22.2 Å². The SMILES string of the molecule is Cc1ccncc1-c1ccc2[nH]c(=S)oc2c1. The van der Waals surface area contributed by atoms with E-state index in [2.05, 4.69) is 16.9 Å². The van der Waals surface area contributed by atoms with Crippen LogP contribution in [0.4, 0.5) is 0 Å². The van der Waals surface area contributed by atoms with Crippen LogP contribution in [0.3, 0.4) is 0 Å². The van der Waals surface area contributed by atoms with Crippen molar-refractivity contribution in [3.63, 3.8) is 0 Å². The van der Waals surface area contributed by atoms with Crippen molar-refractivity contribution in [2.24, 2.45) is 0 Å². The fourth-order valence-electron chi connectivity index (χ4n) is 1.88. The molecule has 0 bridgehead atoms. The van der Waals surface area contributed by atoms with E-state index >= 15 is 0 Å². The van der Waals surface area contributed by atoms with Crippen molar-refractivity contribution in [3.05, 3.63) is 47.1 Å². The van der Waals surface area contributed by atoms with Gasteiger partial charge in [0.05, 0.1) is 5.52 Å². The number of aromatic nitrogens is 2. The summed E-state index contributed by atoms with van der Waals surface area (Å²) in [6, 6.07) is 7.97. The number of hydrogen-bond donors (Lipinski definition) is 1. The minimum Gasteiger partial charge on any atom is -0.429 e. The fourth-order valence-corrected chi connectivity index (χ4v) is 2.08. The molecule has 84 valence electrons. The highest BCUT2D eigenvalue weighted by atomic mass is 32.1. The number of rotatable bonds is 1. The van der Waals surface area contributed by atoms with Crippen molar-refractivity contribution < 1.29 is 4.42 Å². The molecule has 0 aliphatic carbocycles. The molecule has 0 atom stereocenters. The number of nitrogens with zero attached hydrogens (tertiary/aromatic N) is 1. The average Bonchev–Trinajstić information content (AvgIpc) is 2.68. The Morgan fingerprint density at radius 1 is 1.29 bits per heavy atom. The van der Waals surface area contributed by atoms with Gasteiger partial charge in [0.15, 0.2) is 5.58 Å². The first-order valence-corrected chi connectivity index (χ1v) is 5.69. The van der Waals surface area contributed by atoms with Crippen LogP contribution in [-0.4, -0.2) is 9.97 Å². The monoisotopic (exact) mass is 242 g/mol. The maximum Gasteiger partial charge on any atom is 0.266 e. The van der Waals surface area contributed by atoms with Gasteiger partial charge >= 0.3 is 0 Å². The highest BCUT2D eigenvalue weighted by molar-refractivity contribution is 7.71. The number of benzene rings is 1. The van der Waals surface area contributed by atoms with E-state index in [1.54, 1.807) is 6.20 Å². The molecule has 3 nitrogen and oxygen atoms in total. The summed E-state index contributed by atoms with van der Waals surface area (Å²) in [6.07, 6.45) is 3.65. The molecule has 3 aromatic rings. The highest BCUT2D eigenvalue weighted by Gasteiger charge is 2.05. The molecule has 0 unspecified atom stereocenters. The normalized spacial score (nSPS) is 10.9. The van der Waals surface area contributed by atoms with Gasteiger partial charge in [-0.1, -0.05) is 6.07 Å². The third kappa shape index (κ3) is 1.76. The summed E-state index contributed by atoms with van der Waals surface area (Å²) in [5.41, 5.74) is 5.07. The molecule has 2 aromatic heterocycles. The Kier molecular flexibility index (Phi) is 2.30. The molecular formula is C13H10N2OS. The third-order valence-electron chi connectivity index (χ3n) is 2.77. The molecule has 4 heteroatoms. The van der Waals surface area contributed by atoms with E-state index in [9.17, 15) is 0 Å². The highest BCUT2D eigenvalue weighted by Crippen LogP contribution is 2.25. The minimum absolute atomic E-state index is 0.403.